The van der Waals surface area contributed by atoms with Crippen LogP contribution in [-0.2, 0) is 13.0 Å². The first-order valence-electron chi connectivity index (χ1n) is 0.401. The zero-order chi connectivity index (χ0) is 3.58. The minimum absolute atomic E-state index is 0. The van der Waals surface area contributed by atoms with E-state index in [9.17, 15) is 0 Å². The molecule has 0 rings (SSSR count). The average Bonchev–Trinajstić information content (AvgIpc) is 0.811. The van der Waals surface area contributed by atoms with E-state index < -0.39 is 13.0 Å². The third-order valence-electron chi connectivity index (χ3n) is 0. The summed E-state index contributed by atoms with van der Waals surface area (Å²) in [5.74, 6) is 0. The molecule has 0 saturated heterocycles. The summed E-state index contributed by atoms with van der Waals surface area (Å²) in [7, 11) is 14.8. The van der Waals surface area contributed by atoms with Crippen molar-refractivity contribution in [2.75, 3.05) is 0 Å². The van der Waals surface area contributed by atoms with Crippen molar-refractivity contribution in [2.45, 2.75) is 0 Å². The Balaban J connectivity index is -0.00000000300. The van der Waals surface area contributed by atoms with Gasteiger partial charge in [0.25, 0.3) is 0 Å². The SMILES string of the molecule is [Cl-].[Cl-].[Cl-].[Cl][Ru]([Cl])[Cl].[NH4+].[NH4+].[NH4+]. The standard InChI is InChI=1S/6ClH.3H3N.Ru/h6*1H;3*1H3;/q;;;;;;;;;+3/p-3. The summed E-state index contributed by atoms with van der Waals surface area (Å²) in [6, 6.07) is 0. The minimum Gasteiger partial charge on any atom is -0.369 e. The van der Waals surface area contributed by atoms with Crippen LogP contribution in [0.2, 0.25) is 0 Å². The van der Waals surface area contributed by atoms with Gasteiger partial charge >= 0.3 is 42.1 Å². The van der Waals surface area contributed by atoms with E-state index in [0.29, 0.717) is 0 Å². The van der Waals surface area contributed by atoms with Crippen LogP contribution in [0.3, 0.4) is 0 Å². The molecule has 0 atom stereocenters. The summed E-state index contributed by atoms with van der Waals surface area (Å²) < 4.78 is 0. The van der Waals surface area contributed by atoms with E-state index in [2.05, 4.69) is 0 Å². The molecular weight excluding hydrogens is 356 g/mol. The van der Waals surface area contributed by atoms with Crippen molar-refractivity contribution < 1.29 is 50.2 Å². The molecule has 0 radical (unpaired) electrons. The van der Waals surface area contributed by atoms with Crippen LogP contribution in [0.5, 0.6) is 0 Å². The number of quaternary nitrogens is 3. The molecule has 0 bridgehead atoms. The van der Waals surface area contributed by atoms with E-state index in [4.69, 9.17) is 29.1 Å². The monoisotopic (exact) mass is 366 g/mol. The zero-order valence-corrected chi connectivity index (χ0v) is 11.9. The van der Waals surface area contributed by atoms with Gasteiger partial charge in [-0.1, -0.05) is 0 Å². The molecule has 0 aromatic carbocycles. The average molecular weight is 368 g/mol. The smallest absolute Gasteiger partial charge is 0.369 e. The van der Waals surface area contributed by atoms with Gasteiger partial charge in [-0.2, -0.15) is 0 Å². The van der Waals surface area contributed by atoms with Gasteiger partial charge in [0, 0.05) is 0 Å². The minimum atomic E-state index is -1.75. The van der Waals surface area contributed by atoms with Crippen LogP contribution >= 0.6 is 29.1 Å². The molecule has 0 aromatic rings. The van der Waals surface area contributed by atoms with E-state index in [1.165, 1.54) is 0 Å². The van der Waals surface area contributed by atoms with Crippen LogP contribution in [0, 0.1) is 0 Å². The second-order valence-electron chi connectivity index (χ2n) is 0.152. The van der Waals surface area contributed by atoms with Gasteiger partial charge in [0.2, 0.25) is 0 Å². The Morgan fingerprint density at radius 3 is 0.600 bits per heavy atom. The largest absolute Gasteiger partial charge is 0.369 e. The molecule has 0 amide bonds. The van der Waals surface area contributed by atoms with Crippen LogP contribution in [0.15, 0.2) is 0 Å². The fourth-order valence-corrected chi connectivity index (χ4v) is 0. The van der Waals surface area contributed by atoms with Crippen molar-refractivity contribution >= 4 is 29.1 Å². The Hall–Kier alpha value is 2.24. The van der Waals surface area contributed by atoms with Crippen LogP contribution in [0.4, 0.5) is 0 Å². The molecule has 10 heavy (non-hydrogen) atoms. The molecule has 10 heteroatoms. The van der Waals surface area contributed by atoms with Gasteiger partial charge in [0.1, 0.15) is 0 Å². The van der Waals surface area contributed by atoms with Crippen molar-refractivity contribution in [3.8, 4) is 0 Å². The third kappa shape index (κ3) is 174. The Labute approximate surface area is 96.9 Å². The van der Waals surface area contributed by atoms with E-state index in [-0.39, 0.29) is 55.7 Å². The van der Waals surface area contributed by atoms with Gasteiger partial charge in [-0.25, -0.2) is 0 Å². The maximum atomic E-state index is 4.95. The molecule has 0 saturated carbocycles. The fourth-order valence-electron chi connectivity index (χ4n) is 0. The van der Waals surface area contributed by atoms with Crippen molar-refractivity contribution in [1.82, 2.24) is 18.5 Å². The molecule has 0 aliphatic heterocycles. The molecular formula is H12Cl6N3Ru. The van der Waals surface area contributed by atoms with Crippen molar-refractivity contribution in [3.05, 3.63) is 0 Å². The molecule has 0 unspecified atom stereocenters. The Bertz CT molecular complexity index is 17.7. The number of rotatable bonds is 0. The summed E-state index contributed by atoms with van der Waals surface area (Å²) in [4.78, 5) is 0. The third-order valence-corrected chi connectivity index (χ3v) is 0. The second kappa shape index (κ2) is 42.9. The molecule has 0 heterocycles. The van der Waals surface area contributed by atoms with Gasteiger partial charge in [0.05, 0.1) is 0 Å². The predicted molar refractivity (Wildman–Crippen MR) is 35.5 cm³/mol. The Morgan fingerprint density at radius 2 is 0.600 bits per heavy atom. The van der Waals surface area contributed by atoms with Gasteiger partial charge in [0.15, 0.2) is 0 Å². The molecule has 0 aromatic heterocycles. The summed E-state index contributed by atoms with van der Waals surface area (Å²) in [6.45, 7) is 0. The maximum absolute atomic E-state index is 4.95. The molecule has 12 N–H and O–H groups in total. The number of hydrogen-bond donors (Lipinski definition) is 3. The summed E-state index contributed by atoms with van der Waals surface area (Å²) in [6.07, 6.45) is 0. The first-order valence-corrected chi connectivity index (χ1v) is 7.12. The van der Waals surface area contributed by atoms with Crippen LogP contribution in [0.1, 0.15) is 0 Å². The van der Waals surface area contributed by atoms with Crippen molar-refractivity contribution in [2.24, 2.45) is 0 Å². The fraction of sp³-hybridized carbons (Fsp3) is 0. The molecule has 0 spiro atoms. The van der Waals surface area contributed by atoms with Crippen LogP contribution < -0.4 is 55.7 Å². The van der Waals surface area contributed by atoms with Gasteiger partial charge in [-0.05, 0) is 0 Å². The maximum Gasteiger partial charge on any atom is -0.369 e. The molecule has 0 aliphatic rings. The summed E-state index contributed by atoms with van der Waals surface area (Å²) >= 11 is -1.75. The predicted octanol–water partition coefficient (Wildman–Crippen LogP) is -5.79. The van der Waals surface area contributed by atoms with E-state index >= 15 is 0 Å². The van der Waals surface area contributed by atoms with E-state index in [1.807, 2.05) is 0 Å². The van der Waals surface area contributed by atoms with E-state index in [1.54, 1.807) is 0 Å². The zero-order valence-electron chi connectivity index (χ0n) is 5.62. The summed E-state index contributed by atoms with van der Waals surface area (Å²) in [5, 5.41) is 0. The molecule has 77 valence electrons. The van der Waals surface area contributed by atoms with Crippen LogP contribution in [-0.4, -0.2) is 0 Å². The van der Waals surface area contributed by atoms with Gasteiger partial charge in [-0.3, -0.25) is 0 Å². The van der Waals surface area contributed by atoms with Crippen molar-refractivity contribution in [1.29, 1.82) is 0 Å². The molecule has 0 aliphatic carbocycles. The van der Waals surface area contributed by atoms with Crippen LogP contribution in [0.25, 0.3) is 0 Å². The molecule has 3 nitrogen and oxygen atoms in total. The first-order chi connectivity index (χ1) is 1.73. The number of hydrogen-bond acceptors (Lipinski definition) is 0. The Kier molecular flexibility index (Phi) is 242. The number of halogens is 6. The topological polar surface area (TPSA) is 110 Å². The second-order valence-corrected chi connectivity index (χ2v) is 8.07. The van der Waals surface area contributed by atoms with Crippen molar-refractivity contribution in [3.63, 3.8) is 0 Å². The van der Waals surface area contributed by atoms with Gasteiger partial charge in [-0.15, -0.1) is 0 Å². The first kappa shape index (κ1) is 56.3. The van der Waals surface area contributed by atoms with E-state index in [0.717, 1.165) is 0 Å². The molecule has 0 fully saturated rings. The normalized spacial score (nSPS) is 4.50. The Morgan fingerprint density at radius 1 is 0.600 bits per heavy atom. The quantitative estimate of drug-likeness (QED) is 0.355. The van der Waals surface area contributed by atoms with Gasteiger partial charge < -0.3 is 55.7 Å². The summed E-state index contributed by atoms with van der Waals surface area (Å²) in [5.41, 5.74) is 0.